The highest BCUT2D eigenvalue weighted by Gasteiger charge is 2.12. The third-order valence-electron chi connectivity index (χ3n) is 3.08. The van der Waals surface area contributed by atoms with Crippen molar-refractivity contribution in [1.29, 1.82) is 0 Å². The van der Waals surface area contributed by atoms with Crippen LogP contribution < -0.4 is 16.1 Å². The molecule has 0 aliphatic rings. The van der Waals surface area contributed by atoms with Gasteiger partial charge in [0.2, 0.25) is 0 Å². The molecule has 2 aromatic carbocycles. The lowest BCUT2D eigenvalue weighted by Crippen LogP contribution is -2.30. The number of halogens is 1. The lowest BCUT2D eigenvalue weighted by Gasteiger charge is -2.06. The molecule has 0 fully saturated rings. The van der Waals surface area contributed by atoms with Gasteiger partial charge in [-0.2, -0.15) is 0 Å². The molecule has 3 aromatic rings. The van der Waals surface area contributed by atoms with Crippen LogP contribution in [0.15, 0.2) is 56.5 Å². The van der Waals surface area contributed by atoms with E-state index in [0.29, 0.717) is 5.75 Å². The molecule has 6 heteroatoms. The summed E-state index contributed by atoms with van der Waals surface area (Å²) in [4.78, 5) is 24.4. The van der Waals surface area contributed by atoms with Gasteiger partial charge in [-0.3, -0.25) is 4.79 Å². The first-order valence-corrected chi connectivity index (χ1v) is 6.10. The number of hydrogen-bond donors (Lipinski definition) is 0. The summed E-state index contributed by atoms with van der Waals surface area (Å²) in [5.41, 5.74) is -0.143. The Balaban J connectivity index is 2.35. The topological polar surface area (TPSA) is 61.4 Å². The maximum absolute atomic E-state index is 12.9. The first kappa shape index (κ1) is 13.1. The second-order valence-electron chi connectivity index (χ2n) is 4.35. The van der Waals surface area contributed by atoms with Crippen molar-refractivity contribution in [1.82, 2.24) is 4.57 Å². The summed E-state index contributed by atoms with van der Waals surface area (Å²) in [7, 11) is 1.47. The fraction of sp³-hybridized carbons (Fsp3) is 0.0667. The van der Waals surface area contributed by atoms with Crippen LogP contribution in [-0.4, -0.2) is 11.7 Å². The zero-order valence-corrected chi connectivity index (χ0v) is 11.0. The molecule has 0 unspecified atom stereocenters. The number of hydrogen-bond acceptors (Lipinski definition) is 4. The SMILES string of the molecule is COc1ccc2oc(=O)n(-c3ccc(F)cc3)c(=O)c2c1. The van der Waals surface area contributed by atoms with E-state index < -0.39 is 17.1 Å². The zero-order valence-electron chi connectivity index (χ0n) is 11.0. The highest BCUT2D eigenvalue weighted by atomic mass is 19.1. The fourth-order valence-electron chi connectivity index (χ4n) is 2.05. The van der Waals surface area contributed by atoms with Crippen LogP contribution in [0, 0.1) is 5.82 Å². The van der Waals surface area contributed by atoms with Crippen molar-refractivity contribution in [3.05, 3.63) is 69.2 Å². The van der Waals surface area contributed by atoms with Crippen LogP contribution in [0.3, 0.4) is 0 Å². The van der Waals surface area contributed by atoms with E-state index in [1.807, 2.05) is 0 Å². The predicted octanol–water partition coefficient (Wildman–Crippen LogP) is 2.09. The van der Waals surface area contributed by atoms with E-state index in [9.17, 15) is 14.0 Å². The van der Waals surface area contributed by atoms with E-state index in [1.54, 1.807) is 6.07 Å². The molecule has 3 rings (SSSR count). The normalized spacial score (nSPS) is 10.8. The quantitative estimate of drug-likeness (QED) is 0.724. The molecule has 0 atom stereocenters. The van der Waals surface area contributed by atoms with Gasteiger partial charge in [0, 0.05) is 0 Å². The van der Waals surface area contributed by atoms with Crippen LogP contribution in [0.1, 0.15) is 0 Å². The van der Waals surface area contributed by atoms with Gasteiger partial charge in [-0.25, -0.2) is 13.8 Å². The summed E-state index contributed by atoms with van der Waals surface area (Å²) < 4.78 is 24.0. The van der Waals surface area contributed by atoms with Crippen molar-refractivity contribution in [3.63, 3.8) is 0 Å². The Morgan fingerprint density at radius 2 is 1.81 bits per heavy atom. The molecule has 1 heterocycles. The first-order chi connectivity index (χ1) is 10.1. The second kappa shape index (κ2) is 4.90. The van der Waals surface area contributed by atoms with Gasteiger partial charge in [-0.1, -0.05) is 0 Å². The van der Waals surface area contributed by atoms with E-state index >= 15 is 0 Å². The fourth-order valence-corrected chi connectivity index (χ4v) is 2.05. The molecule has 0 saturated carbocycles. The largest absolute Gasteiger partial charge is 0.497 e. The summed E-state index contributed by atoms with van der Waals surface area (Å²) in [6.45, 7) is 0. The van der Waals surface area contributed by atoms with Gasteiger partial charge in [0.1, 0.15) is 17.1 Å². The van der Waals surface area contributed by atoms with E-state index in [2.05, 4.69) is 0 Å². The van der Waals surface area contributed by atoms with Crippen molar-refractivity contribution >= 4 is 11.0 Å². The second-order valence-corrected chi connectivity index (χ2v) is 4.35. The third-order valence-corrected chi connectivity index (χ3v) is 3.08. The summed E-state index contributed by atoms with van der Waals surface area (Å²) in [6.07, 6.45) is 0. The molecule has 0 amide bonds. The van der Waals surface area contributed by atoms with Crippen molar-refractivity contribution in [2.24, 2.45) is 0 Å². The van der Waals surface area contributed by atoms with Gasteiger partial charge in [-0.05, 0) is 42.5 Å². The lowest BCUT2D eigenvalue weighted by molar-refractivity contribution is 0.414. The van der Waals surface area contributed by atoms with Crippen LogP contribution in [0.2, 0.25) is 0 Å². The molecule has 0 spiro atoms. The molecule has 21 heavy (non-hydrogen) atoms. The Hall–Kier alpha value is -2.89. The Morgan fingerprint density at radius 3 is 2.48 bits per heavy atom. The van der Waals surface area contributed by atoms with E-state index in [0.717, 1.165) is 16.7 Å². The number of rotatable bonds is 2. The molecule has 0 N–H and O–H groups in total. The third kappa shape index (κ3) is 2.20. The maximum atomic E-state index is 12.9. The Bertz CT molecular complexity index is 925. The van der Waals surface area contributed by atoms with Crippen LogP contribution in [0.25, 0.3) is 16.7 Å². The first-order valence-electron chi connectivity index (χ1n) is 6.10. The summed E-state index contributed by atoms with van der Waals surface area (Å²) in [5, 5.41) is 0.207. The van der Waals surface area contributed by atoms with Crippen molar-refractivity contribution in [3.8, 4) is 11.4 Å². The maximum Gasteiger partial charge on any atom is 0.426 e. The summed E-state index contributed by atoms with van der Waals surface area (Å²) >= 11 is 0. The number of ether oxygens (including phenoxy) is 1. The van der Waals surface area contributed by atoms with E-state index in [1.165, 1.54) is 31.4 Å². The standard InChI is InChI=1S/C15H10FNO4/c1-20-11-6-7-13-12(8-11)14(18)17(15(19)21-13)10-4-2-9(16)3-5-10/h2-8H,1H3. The number of aromatic nitrogens is 1. The van der Waals surface area contributed by atoms with Crippen LogP contribution in [0.4, 0.5) is 4.39 Å². The molecule has 1 aromatic heterocycles. The molecule has 0 saturated heterocycles. The average Bonchev–Trinajstić information content (AvgIpc) is 2.49. The monoisotopic (exact) mass is 287 g/mol. The van der Waals surface area contributed by atoms with Gasteiger partial charge in [0.15, 0.2) is 0 Å². The summed E-state index contributed by atoms with van der Waals surface area (Å²) in [5.74, 6) is -0.818. The number of nitrogens with zero attached hydrogens (tertiary/aromatic N) is 1. The van der Waals surface area contributed by atoms with Gasteiger partial charge in [-0.15, -0.1) is 0 Å². The zero-order chi connectivity index (χ0) is 15.0. The number of fused-ring (bicyclic) bond motifs is 1. The van der Waals surface area contributed by atoms with Crippen molar-refractivity contribution in [2.75, 3.05) is 7.11 Å². The number of benzene rings is 2. The molecular formula is C15H10FNO4. The molecule has 0 radical (unpaired) electrons. The van der Waals surface area contributed by atoms with Gasteiger partial charge >= 0.3 is 5.76 Å². The van der Waals surface area contributed by atoms with Gasteiger partial charge in [0.05, 0.1) is 18.2 Å². The minimum absolute atomic E-state index is 0.171. The Labute approximate surface area is 117 Å². The molecule has 0 aliphatic carbocycles. The lowest BCUT2D eigenvalue weighted by atomic mass is 10.2. The average molecular weight is 287 g/mol. The molecule has 0 aliphatic heterocycles. The Kier molecular flexibility index (Phi) is 3.06. The number of methoxy groups -OCH3 is 1. The van der Waals surface area contributed by atoms with Crippen molar-refractivity contribution < 1.29 is 13.5 Å². The van der Waals surface area contributed by atoms with Crippen molar-refractivity contribution in [2.45, 2.75) is 0 Å². The summed E-state index contributed by atoms with van der Waals surface area (Å²) in [6, 6.07) is 9.56. The Morgan fingerprint density at radius 1 is 1.10 bits per heavy atom. The van der Waals surface area contributed by atoms with Crippen LogP contribution in [-0.2, 0) is 0 Å². The minimum Gasteiger partial charge on any atom is -0.497 e. The van der Waals surface area contributed by atoms with Gasteiger partial charge < -0.3 is 9.15 Å². The highest BCUT2D eigenvalue weighted by molar-refractivity contribution is 5.77. The molecule has 5 nitrogen and oxygen atoms in total. The van der Waals surface area contributed by atoms with E-state index in [4.69, 9.17) is 9.15 Å². The molecule has 0 bridgehead atoms. The van der Waals surface area contributed by atoms with Crippen LogP contribution >= 0.6 is 0 Å². The van der Waals surface area contributed by atoms with E-state index in [-0.39, 0.29) is 16.7 Å². The molecule has 106 valence electrons. The smallest absolute Gasteiger partial charge is 0.426 e. The van der Waals surface area contributed by atoms with Crippen LogP contribution in [0.5, 0.6) is 5.75 Å². The van der Waals surface area contributed by atoms with Gasteiger partial charge in [0.25, 0.3) is 5.56 Å². The minimum atomic E-state index is -0.829. The highest BCUT2D eigenvalue weighted by Crippen LogP contribution is 2.17. The predicted molar refractivity (Wildman–Crippen MR) is 74.6 cm³/mol. The molecular weight excluding hydrogens is 277 g/mol.